The maximum Gasteiger partial charge on any atom is 0.240 e. The first-order chi connectivity index (χ1) is 10.1. The van der Waals surface area contributed by atoms with Crippen molar-refractivity contribution in [1.29, 1.82) is 0 Å². The number of nitrogens with one attached hydrogen (secondary N) is 1. The number of nitrogens with two attached hydrogens (primary N) is 1. The van der Waals surface area contributed by atoms with Gasteiger partial charge in [0, 0.05) is 24.2 Å². The van der Waals surface area contributed by atoms with Crippen LogP contribution in [0.3, 0.4) is 0 Å². The highest BCUT2D eigenvalue weighted by Gasteiger charge is 2.16. The predicted molar refractivity (Wildman–Crippen MR) is 80.7 cm³/mol. The van der Waals surface area contributed by atoms with Crippen LogP contribution in [0.4, 0.5) is 5.69 Å². The number of rotatable bonds is 3. The standard InChI is InChI=1S/C15H19N5O/c1-10(16)15(21)17-12-7-5-11(6-8-12)14-19-18-13-4-2-3-9-20(13)14/h5-8,10H,2-4,9,16H2,1H3,(H,17,21). The molecule has 0 bridgehead atoms. The molecule has 1 aliphatic heterocycles. The van der Waals surface area contributed by atoms with Crippen molar-refractivity contribution in [3.8, 4) is 11.4 Å². The fourth-order valence-electron chi connectivity index (χ4n) is 2.48. The molecule has 3 rings (SSSR count). The lowest BCUT2D eigenvalue weighted by Gasteiger charge is -2.15. The average molecular weight is 285 g/mol. The van der Waals surface area contributed by atoms with Gasteiger partial charge in [0.2, 0.25) is 5.91 Å². The van der Waals surface area contributed by atoms with Crippen molar-refractivity contribution >= 4 is 11.6 Å². The highest BCUT2D eigenvalue weighted by Crippen LogP contribution is 2.24. The van der Waals surface area contributed by atoms with Gasteiger partial charge in [-0.15, -0.1) is 10.2 Å². The molecule has 0 aliphatic carbocycles. The second-order valence-corrected chi connectivity index (χ2v) is 5.40. The maximum atomic E-state index is 11.6. The zero-order valence-corrected chi connectivity index (χ0v) is 12.0. The largest absolute Gasteiger partial charge is 0.325 e. The summed E-state index contributed by atoms with van der Waals surface area (Å²) >= 11 is 0. The Morgan fingerprint density at radius 2 is 2.05 bits per heavy atom. The van der Waals surface area contributed by atoms with Gasteiger partial charge in [-0.25, -0.2) is 0 Å². The van der Waals surface area contributed by atoms with E-state index >= 15 is 0 Å². The molecule has 1 aliphatic rings. The summed E-state index contributed by atoms with van der Waals surface area (Å²) in [5, 5.41) is 11.3. The van der Waals surface area contributed by atoms with E-state index in [1.807, 2.05) is 24.3 Å². The number of carbonyl (C=O) groups is 1. The van der Waals surface area contributed by atoms with Gasteiger partial charge in [0.05, 0.1) is 6.04 Å². The van der Waals surface area contributed by atoms with E-state index in [0.717, 1.165) is 35.9 Å². The molecule has 1 aromatic carbocycles. The minimum atomic E-state index is -0.520. The Balaban J connectivity index is 1.81. The normalized spacial score (nSPS) is 15.3. The van der Waals surface area contributed by atoms with Crippen molar-refractivity contribution in [3.05, 3.63) is 30.1 Å². The van der Waals surface area contributed by atoms with Crippen LogP contribution < -0.4 is 11.1 Å². The summed E-state index contributed by atoms with van der Waals surface area (Å²) < 4.78 is 2.18. The summed E-state index contributed by atoms with van der Waals surface area (Å²) in [7, 11) is 0. The number of anilines is 1. The van der Waals surface area contributed by atoms with E-state index in [1.165, 1.54) is 12.8 Å². The fraction of sp³-hybridized carbons (Fsp3) is 0.400. The van der Waals surface area contributed by atoms with Crippen molar-refractivity contribution in [3.63, 3.8) is 0 Å². The highest BCUT2D eigenvalue weighted by molar-refractivity contribution is 5.94. The van der Waals surface area contributed by atoms with E-state index in [0.29, 0.717) is 0 Å². The van der Waals surface area contributed by atoms with E-state index in [4.69, 9.17) is 5.73 Å². The minimum absolute atomic E-state index is 0.192. The molecule has 0 saturated heterocycles. The summed E-state index contributed by atoms with van der Waals surface area (Å²) in [6.07, 6.45) is 3.34. The van der Waals surface area contributed by atoms with Crippen molar-refractivity contribution < 1.29 is 4.79 Å². The molecule has 0 saturated carbocycles. The summed E-state index contributed by atoms with van der Waals surface area (Å²) in [4.78, 5) is 11.6. The Labute approximate surface area is 123 Å². The smallest absolute Gasteiger partial charge is 0.240 e. The Kier molecular flexibility index (Phi) is 3.70. The van der Waals surface area contributed by atoms with Crippen LogP contribution in [0.25, 0.3) is 11.4 Å². The Bertz CT molecular complexity index is 645. The van der Waals surface area contributed by atoms with E-state index in [9.17, 15) is 4.79 Å². The van der Waals surface area contributed by atoms with Crippen LogP contribution >= 0.6 is 0 Å². The maximum absolute atomic E-state index is 11.6. The first-order valence-electron chi connectivity index (χ1n) is 7.24. The zero-order chi connectivity index (χ0) is 14.8. The number of fused-ring (bicyclic) bond motifs is 1. The molecule has 1 atom stereocenters. The molecule has 21 heavy (non-hydrogen) atoms. The molecular formula is C15H19N5O. The lowest BCUT2D eigenvalue weighted by Crippen LogP contribution is -2.32. The highest BCUT2D eigenvalue weighted by atomic mass is 16.2. The summed E-state index contributed by atoms with van der Waals surface area (Å²) in [5.41, 5.74) is 7.28. The third-order valence-corrected chi connectivity index (χ3v) is 3.68. The second-order valence-electron chi connectivity index (χ2n) is 5.40. The average Bonchev–Trinajstić information content (AvgIpc) is 2.92. The molecule has 0 fully saturated rings. The molecule has 0 spiro atoms. The van der Waals surface area contributed by atoms with Crippen molar-refractivity contribution in [2.75, 3.05) is 5.32 Å². The van der Waals surface area contributed by atoms with Crippen molar-refractivity contribution in [2.24, 2.45) is 5.73 Å². The van der Waals surface area contributed by atoms with Crippen LogP contribution in [0.2, 0.25) is 0 Å². The molecule has 3 N–H and O–H groups in total. The summed E-state index contributed by atoms with van der Waals surface area (Å²) in [6.45, 7) is 2.63. The van der Waals surface area contributed by atoms with Crippen LogP contribution in [0, 0.1) is 0 Å². The van der Waals surface area contributed by atoms with E-state index in [-0.39, 0.29) is 5.91 Å². The number of hydrogen-bond acceptors (Lipinski definition) is 4. The Morgan fingerprint density at radius 1 is 1.29 bits per heavy atom. The minimum Gasteiger partial charge on any atom is -0.325 e. The summed E-state index contributed by atoms with van der Waals surface area (Å²) in [5.74, 6) is 1.77. The van der Waals surface area contributed by atoms with Gasteiger partial charge in [-0.2, -0.15) is 0 Å². The first-order valence-corrected chi connectivity index (χ1v) is 7.24. The van der Waals surface area contributed by atoms with Gasteiger partial charge in [-0.1, -0.05) is 0 Å². The molecule has 2 aromatic rings. The monoisotopic (exact) mass is 285 g/mol. The van der Waals surface area contributed by atoms with Crippen molar-refractivity contribution in [2.45, 2.75) is 38.8 Å². The second kappa shape index (κ2) is 5.65. The molecule has 2 heterocycles. The number of benzene rings is 1. The first kappa shape index (κ1) is 13.8. The van der Waals surface area contributed by atoms with Gasteiger partial charge in [0.1, 0.15) is 5.82 Å². The predicted octanol–water partition coefficient (Wildman–Crippen LogP) is 1.57. The van der Waals surface area contributed by atoms with Gasteiger partial charge in [-0.3, -0.25) is 4.79 Å². The van der Waals surface area contributed by atoms with Crippen molar-refractivity contribution in [1.82, 2.24) is 14.8 Å². The number of carbonyl (C=O) groups excluding carboxylic acids is 1. The van der Waals surface area contributed by atoms with Gasteiger partial charge >= 0.3 is 0 Å². The lowest BCUT2D eigenvalue weighted by molar-refractivity contribution is -0.117. The number of hydrogen-bond donors (Lipinski definition) is 2. The molecule has 1 unspecified atom stereocenters. The SMILES string of the molecule is CC(N)C(=O)Nc1ccc(-c2nnc3n2CCCC3)cc1. The zero-order valence-electron chi connectivity index (χ0n) is 12.0. The van der Waals surface area contributed by atoms with E-state index in [1.54, 1.807) is 6.92 Å². The number of aryl methyl sites for hydroxylation is 1. The quantitative estimate of drug-likeness (QED) is 0.896. The van der Waals surface area contributed by atoms with Crippen LogP contribution in [0.1, 0.15) is 25.6 Å². The topological polar surface area (TPSA) is 85.8 Å². The van der Waals surface area contributed by atoms with Gasteiger partial charge in [0.25, 0.3) is 0 Å². The number of amides is 1. The van der Waals surface area contributed by atoms with Crippen LogP contribution in [0.15, 0.2) is 24.3 Å². The molecule has 110 valence electrons. The van der Waals surface area contributed by atoms with E-state index < -0.39 is 6.04 Å². The van der Waals surface area contributed by atoms with Crippen LogP contribution in [0.5, 0.6) is 0 Å². The molecular weight excluding hydrogens is 266 g/mol. The third kappa shape index (κ3) is 2.80. The third-order valence-electron chi connectivity index (χ3n) is 3.68. The van der Waals surface area contributed by atoms with Gasteiger partial charge in [0.15, 0.2) is 5.82 Å². The molecule has 1 amide bonds. The number of nitrogens with zero attached hydrogens (tertiary/aromatic N) is 3. The molecule has 0 radical (unpaired) electrons. The van der Waals surface area contributed by atoms with Crippen LogP contribution in [-0.2, 0) is 17.8 Å². The number of aromatic nitrogens is 3. The van der Waals surface area contributed by atoms with Gasteiger partial charge in [-0.05, 0) is 44.0 Å². The lowest BCUT2D eigenvalue weighted by atomic mass is 10.1. The van der Waals surface area contributed by atoms with Crippen LogP contribution in [-0.4, -0.2) is 26.7 Å². The van der Waals surface area contributed by atoms with E-state index in [2.05, 4.69) is 20.1 Å². The summed E-state index contributed by atoms with van der Waals surface area (Å²) in [6, 6.07) is 7.10. The Morgan fingerprint density at radius 3 is 2.76 bits per heavy atom. The molecule has 6 nitrogen and oxygen atoms in total. The van der Waals surface area contributed by atoms with Gasteiger partial charge < -0.3 is 15.6 Å². The Hall–Kier alpha value is -2.21. The fourth-order valence-corrected chi connectivity index (χ4v) is 2.48. The molecule has 6 heteroatoms. The molecule has 1 aromatic heterocycles.